The van der Waals surface area contributed by atoms with Crippen molar-refractivity contribution in [2.24, 2.45) is 0 Å². The van der Waals surface area contributed by atoms with Crippen molar-refractivity contribution in [1.82, 2.24) is 4.90 Å². The van der Waals surface area contributed by atoms with Crippen molar-refractivity contribution in [3.05, 3.63) is 34.1 Å². The van der Waals surface area contributed by atoms with Gasteiger partial charge in [0.2, 0.25) is 0 Å². The van der Waals surface area contributed by atoms with Crippen LogP contribution in [0.25, 0.3) is 0 Å². The summed E-state index contributed by atoms with van der Waals surface area (Å²) in [6, 6.07) is 0. The first-order chi connectivity index (χ1) is 3.77. The molecule has 11 heavy (non-hydrogen) atoms. The minimum Gasteiger partial charge on any atom is -0.462 e. The molecule has 0 aromatic rings. The molecule has 74 valence electrons. The minimum atomic E-state index is 0. The van der Waals surface area contributed by atoms with Crippen LogP contribution in [0.1, 0.15) is 12.8 Å². The van der Waals surface area contributed by atoms with Crippen LogP contribution in [0.4, 0.5) is 0 Å². The Hall–Kier alpha value is 0.388. The van der Waals surface area contributed by atoms with Crippen LogP contribution >= 0.6 is 0 Å². The molecule has 0 radical (unpaired) electrons. The van der Waals surface area contributed by atoms with Crippen LogP contribution < -0.4 is 0 Å². The fourth-order valence-corrected chi connectivity index (χ4v) is 0.451. The van der Waals surface area contributed by atoms with Gasteiger partial charge in [0.05, 0.1) is 0 Å². The summed E-state index contributed by atoms with van der Waals surface area (Å²) in [5.41, 5.74) is 0. The van der Waals surface area contributed by atoms with Gasteiger partial charge in [0.1, 0.15) is 0 Å². The van der Waals surface area contributed by atoms with E-state index in [9.17, 15) is 0 Å². The van der Waals surface area contributed by atoms with Gasteiger partial charge in [-0.3, -0.25) is 6.54 Å². The second-order valence-electron chi connectivity index (χ2n) is 2.01. The van der Waals surface area contributed by atoms with Gasteiger partial charge in [-0.25, -0.2) is 0 Å². The Labute approximate surface area is 87.1 Å². The molecule has 0 atom stereocenters. The Morgan fingerprint density at radius 2 is 1.82 bits per heavy atom. The Morgan fingerprint density at radius 3 is 2.09 bits per heavy atom. The van der Waals surface area contributed by atoms with Crippen LogP contribution in [0, 0.1) is 21.4 Å². The minimum absolute atomic E-state index is 0. The molecule has 0 spiro atoms. The van der Waals surface area contributed by atoms with E-state index in [4.69, 9.17) is 0 Å². The maximum absolute atomic E-state index is 3.62. The normalized spacial score (nSPS) is 7.18. The second-order valence-corrected chi connectivity index (χ2v) is 2.01. The third-order valence-corrected chi connectivity index (χ3v) is 0.865. The molecule has 2 heteroatoms. The number of nitrogens with zero attached hydrogens (tertiary/aromatic N) is 1. The molecule has 0 amide bonds. The summed E-state index contributed by atoms with van der Waals surface area (Å²) in [7, 11) is 4.06. The summed E-state index contributed by atoms with van der Waals surface area (Å²) >= 11 is 0. The van der Waals surface area contributed by atoms with Crippen molar-refractivity contribution in [2.75, 3.05) is 14.1 Å². The third-order valence-electron chi connectivity index (χ3n) is 0.865. The number of hydrogen-bond acceptors (Lipinski definition) is 1. The van der Waals surface area contributed by atoms with Crippen LogP contribution in [-0.4, -0.2) is 19.0 Å². The number of hydrogen-bond donors (Lipinski definition) is 0. The van der Waals surface area contributed by atoms with Crippen molar-refractivity contribution in [3.8, 4) is 0 Å². The number of rotatable bonds is 4. The third kappa shape index (κ3) is 25.2. The topological polar surface area (TPSA) is 3.24 Å². The van der Waals surface area contributed by atoms with E-state index in [1.807, 2.05) is 20.2 Å². The smallest absolute Gasteiger partial charge is 0 e. The first kappa shape index (κ1) is 22.5. The zero-order valence-corrected chi connectivity index (χ0v) is 10.3. The summed E-state index contributed by atoms with van der Waals surface area (Å²) in [6.07, 6.45) is 4.12. The van der Waals surface area contributed by atoms with Crippen molar-refractivity contribution in [2.45, 2.75) is 12.8 Å². The standard InChI is InChI=1S/C7H14N.2CH3.Pt/c1-4-5-6-7-8(2)3;;;/h4,7H,1,5-6H2,2-3H3;2*1H3;/q3*-1;. The predicted octanol–water partition coefficient (Wildman–Crippen LogP) is 2.57. The van der Waals surface area contributed by atoms with Crippen molar-refractivity contribution < 1.29 is 21.1 Å². The molecule has 0 unspecified atom stereocenters. The van der Waals surface area contributed by atoms with E-state index in [0.29, 0.717) is 0 Å². The van der Waals surface area contributed by atoms with E-state index in [1.54, 1.807) is 0 Å². The van der Waals surface area contributed by atoms with Crippen LogP contribution in [0.5, 0.6) is 0 Å². The molecular formula is C9H20NPt-3. The van der Waals surface area contributed by atoms with Gasteiger partial charge < -0.3 is 19.8 Å². The average Bonchev–Trinajstić information content (AvgIpc) is 1.66. The number of unbranched alkanes of at least 4 members (excludes halogenated alkanes) is 1. The van der Waals surface area contributed by atoms with E-state index in [2.05, 4.69) is 18.0 Å². The first-order valence-electron chi connectivity index (χ1n) is 2.88. The van der Waals surface area contributed by atoms with Gasteiger partial charge in [-0.05, 0) is 14.1 Å². The maximum atomic E-state index is 3.62. The largest absolute Gasteiger partial charge is 0.462 e. The van der Waals surface area contributed by atoms with Gasteiger partial charge in [0, 0.05) is 21.1 Å². The van der Waals surface area contributed by atoms with Crippen LogP contribution in [0.3, 0.4) is 0 Å². The summed E-state index contributed by atoms with van der Waals surface area (Å²) in [4.78, 5) is 2.06. The first-order valence-corrected chi connectivity index (χ1v) is 2.88. The molecule has 0 aromatic carbocycles. The molecule has 0 fully saturated rings. The maximum Gasteiger partial charge on any atom is 0 e. The van der Waals surface area contributed by atoms with Crippen molar-refractivity contribution >= 4 is 0 Å². The molecule has 0 aliphatic carbocycles. The molecule has 0 aliphatic heterocycles. The quantitative estimate of drug-likeness (QED) is 0.433. The van der Waals surface area contributed by atoms with E-state index in [1.165, 1.54) is 0 Å². The molecule has 0 aliphatic rings. The van der Waals surface area contributed by atoms with E-state index < -0.39 is 0 Å². The van der Waals surface area contributed by atoms with Crippen LogP contribution in [0.2, 0.25) is 0 Å². The Balaban J connectivity index is -0.0000000817. The summed E-state index contributed by atoms with van der Waals surface area (Å²) in [5, 5.41) is 0. The number of allylic oxidation sites excluding steroid dienone is 1. The second kappa shape index (κ2) is 16.8. The molecule has 0 aromatic heterocycles. The Morgan fingerprint density at radius 1 is 1.36 bits per heavy atom. The molecule has 0 rings (SSSR count). The average molecular weight is 337 g/mol. The van der Waals surface area contributed by atoms with Gasteiger partial charge in [0.15, 0.2) is 0 Å². The van der Waals surface area contributed by atoms with Gasteiger partial charge >= 0.3 is 0 Å². The fourth-order valence-electron chi connectivity index (χ4n) is 0.451. The SMILES string of the molecule is C=CCC[CH-]N(C)C.[CH3-].[CH3-].[Pt]. The molecular weight excluding hydrogens is 317 g/mol. The Bertz CT molecular complexity index is 62.6. The summed E-state index contributed by atoms with van der Waals surface area (Å²) in [6.45, 7) is 5.76. The predicted molar refractivity (Wildman–Crippen MR) is 50.2 cm³/mol. The summed E-state index contributed by atoms with van der Waals surface area (Å²) < 4.78 is 0. The van der Waals surface area contributed by atoms with E-state index >= 15 is 0 Å². The van der Waals surface area contributed by atoms with Gasteiger partial charge in [-0.2, -0.15) is 6.42 Å². The molecule has 0 saturated heterocycles. The van der Waals surface area contributed by atoms with Crippen LogP contribution in [0.15, 0.2) is 12.7 Å². The molecule has 0 saturated carbocycles. The van der Waals surface area contributed by atoms with E-state index in [0.717, 1.165) is 12.8 Å². The molecule has 0 heterocycles. The fraction of sp³-hybridized carbons (Fsp3) is 0.444. The van der Waals surface area contributed by atoms with Crippen molar-refractivity contribution in [3.63, 3.8) is 0 Å². The molecule has 0 N–H and O–H groups in total. The zero-order valence-electron chi connectivity index (χ0n) is 8.04. The van der Waals surface area contributed by atoms with Gasteiger partial charge in [-0.15, -0.1) is 6.58 Å². The van der Waals surface area contributed by atoms with Crippen molar-refractivity contribution in [1.29, 1.82) is 0 Å². The molecule has 1 nitrogen and oxygen atoms in total. The monoisotopic (exact) mass is 337 g/mol. The van der Waals surface area contributed by atoms with Crippen LogP contribution in [-0.2, 0) is 21.1 Å². The molecule has 0 bridgehead atoms. The Kier molecular flexibility index (Phi) is 34.3. The van der Waals surface area contributed by atoms with Gasteiger partial charge in [-0.1, -0.05) is 12.5 Å². The zero-order chi connectivity index (χ0) is 6.41. The van der Waals surface area contributed by atoms with E-state index in [-0.39, 0.29) is 35.9 Å². The van der Waals surface area contributed by atoms with Gasteiger partial charge in [0.25, 0.3) is 0 Å². The summed E-state index contributed by atoms with van der Waals surface area (Å²) in [5.74, 6) is 0.